The molecule has 19 saturated carbocycles. The normalized spacial score (nSPS) is 38.9. The molecule has 1 aliphatic heterocycles. The second kappa shape index (κ2) is 38.9. The Labute approximate surface area is 761 Å². The molecule has 20 fully saturated rings. The van der Waals surface area contributed by atoms with Gasteiger partial charge >= 0.3 is 35.8 Å². The Kier molecular flexibility index (Phi) is 31.6. The molecule has 15 heteroatoms. The van der Waals surface area contributed by atoms with Gasteiger partial charge in [-0.2, -0.15) is 0 Å². The monoisotopic (exact) mass is 1740 g/mol. The van der Waals surface area contributed by atoms with Crippen molar-refractivity contribution in [3.05, 3.63) is 0 Å². The van der Waals surface area contributed by atoms with Gasteiger partial charge in [0, 0.05) is 10.8 Å². The first-order valence-corrected chi connectivity index (χ1v) is 51.8. The van der Waals surface area contributed by atoms with Gasteiger partial charge in [0.1, 0.15) is 36.1 Å². The quantitative estimate of drug-likeness (QED) is 0.0483. The number of carbonyl (C=O) groups is 8. The first-order chi connectivity index (χ1) is 57.7. The van der Waals surface area contributed by atoms with Crippen LogP contribution in [-0.2, 0) is 66.8 Å². The minimum absolute atomic E-state index is 0. The van der Waals surface area contributed by atoms with Gasteiger partial charge in [-0.25, -0.2) is 0 Å². The fourth-order valence-corrected chi connectivity index (χ4v) is 29.1. The number of ether oxygens (including phenoxy) is 6. The lowest BCUT2D eigenvalue weighted by Gasteiger charge is -2.56. The molecule has 0 aromatic heterocycles. The predicted octanol–water partition coefficient (Wildman–Crippen LogP) is 26.5. The van der Waals surface area contributed by atoms with Crippen molar-refractivity contribution >= 4 is 47.6 Å². The second-order valence-electron chi connectivity index (χ2n) is 50.2. The summed E-state index contributed by atoms with van der Waals surface area (Å²) in [5.74, 6) is 17.1. The van der Waals surface area contributed by atoms with Crippen LogP contribution in [-0.4, -0.2) is 94.7 Å². The van der Waals surface area contributed by atoms with Crippen LogP contribution in [0.5, 0.6) is 0 Å². The van der Waals surface area contributed by atoms with Gasteiger partial charge in [0.05, 0.1) is 44.4 Å². The third-order valence-electron chi connectivity index (χ3n) is 40.2. The molecule has 20 rings (SSSR count). The zero-order chi connectivity index (χ0) is 89.6. The smallest absolute Gasteiger partial charge is 0.312 e. The van der Waals surface area contributed by atoms with Crippen LogP contribution in [0.3, 0.4) is 0 Å². The van der Waals surface area contributed by atoms with E-state index in [1.165, 1.54) is 154 Å². The first kappa shape index (κ1) is 101. The lowest BCUT2D eigenvalue weighted by Crippen LogP contribution is -2.68. The van der Waals surface area contributed by atoms with Crippen LogP contribution in [0.1, 0.15) is 431 Å². The van der Waals surface area contributed by atoms with Crippen molar-refractivity contribution < 1.29 is 66.8 Å². The van der Waals surface area contributed by atoms with E-state index in [2.05, 4.69) is 41.5 Å². The molecule has 1 heterocycles. The van der Waals surface area contributed by atoms with E-state index >= 15 is 0 Å². The van der Waals surface area contributed by atoms with E-state index < -0.39 is 5.41 Å². The van der Waals surface area contributed by atoms with Crippen LogP contribution in [0, 0.1) is 173 Å². The predicted molar refractivity (Wildman–Crippen MR) is 499 cm³/mol. The van der Waals surface area contributed by atoms with Gasteiger partial charge in [-0.3, -0.25) is 43.3 Å². The van der Waals surface area contributed by atoms with Crippen LogP contribution in [0.25, 0.3) is 0 Å². The number of likely N-dealkylation sites (tertiary alicyclic amines) is 1. The number of β-lactam (4-membered cyclic amide) rings is 1. The van der Waals surface area contributed by atoms with Crippen LogP contribution < -0.4 is 0 Å². The van der Waals surface area contributed by atoms with E-state index in [0.717, 1.165) is 185 Å². The number of hydrogen-bond acceptors (Lipinski definition) is 14. The number of hydrogen-bond donors (Lipinski definition) is 0. The Balaban J connectivity index is 0.000000142. The molecule has 16 bridgehead atoms. The van der Waals surface area contributed by atoms with E-state index in [1.807, 2.05) is 125 Å². The molecule has 19 aliphatic carbocycles. The molecular weight excluding hydrogens is 1560 g/mol. The number of rotatable bonds is 20. The molecule has 24 unspecified atom stereocenters. The molecule has 714 valence electrons. The molecule has 0 spiro atoms. The standard InChI is InChI=1S/C18H28O2.C17H25NO2.2C16H26O2.C16H28O2.C13H22O2.C12H22O2.2CH4/c1-4-18(2,3)17(19)20-14-9-12-8-13(14)16-11-6-5-10(7-11)15(12)16;1-4-17(2,3)16(20)18-14-12-8-11(13(14)15(18)19)9-6-5-7-10(9)12;1-4-15(2,3)14(17)18-16-8-11-5-12(9-16)7-13(6-11)10-16;1-4-16(2,3)15(17)18-14-9-10-8-13(14)12-7-5-6-11(10)12;1-7-14(2,3)13(17)18-12-10-11-8-9-16(12,6)15(11,4)5;1-4-13(2,3)12(14)15-11-8-9-5-6-10(11)7-9;1-4-12(2,3)11(13)14-10-8-6-5-7-9-10;;/h10-16H,4-9H2,1-3H3;9-14H,4-8H2,1-3H3;11-13H,4-10H2,1-3H3;10-14H,4-9H2,1-3H3;11-12H,7-10H2,1-6H3;9-11H,4-8H2,1-3H3;10H,4-9H2,1-3H3;2*1H4. The van der Waals surface area contributed by atoms with Crippen molar-refractivity contribution in [2.75, 3.05) is 0 Å². The zero-order valence-corrected chi connectivity index (χ0v) is 82.3. The highest BCUT2D eigenvalue weighted by Gasteiger charge is 2.71. The number of nitrogens with zero attached hydrogens (tertiary/aromatic N) is 1. The summed E-state index contributed by atoms with van der Waals surface area (Å²) in [6.07, 6.45) is 47.9. The molecule has 2 amide bonds. The van der Waals surface area contributed by atoms with Crippen LogP contribution >= 0.6 is 0 Å². The molecule has 1 saturated heterocycles. The Morgan fingerprint density at radius 3 is 1.25 bits per heavy atom. The van der Waals surface area contributed by atoms with Gasteiger partial charge < -0.3 is 28.4 Å². The molecular formula is C110H185NO14. The topological polar surface area (TPSA) is 195 Å². The van der Waals surface area contributed by atoms with E-state index in [1.54, 1.807) is 4.90 Å². The van der Waals surface area contributed by atoms with E-state index in [-0.39, 0.29) is 148 Å². The number of esters is 6. The highest BCUT2D eigenvalue weighted by molar-refractivity contribution is 6.04. The molecule has 125 heavy (non-hydrogen) atoms. The number of carbonyl (C=O) groups excluding carboxylic acids is 8. The number of amides is 2. The molecule has 0 N–H and O–H groups in total. The largest absolute Gasteiger partial charge is 0.462 e. The van der Waals surface area contributed by atoms with Crippen molar-refractivity contribution in [1.82, 2.24) is 4.90 Å². The maximum atomic E-state index is 12.7. The fraction of sp³-hybridized carbons (Fsp3) is 0.927. The van der Waals surface area contributed by atoms with Crippen LogP contribution in [0.15, 0.2) is 0 Å². The van der Waals surface area contributed by atoms with Gasteiger partial charge in [-0.1, -0.05) is 117 Å². The Morgan fingerprint density at radius 2 is 0.776 bits per heavy atom. The van der Waals surface area contributed by atoms with Crippen molar-refractivity contribution in [3.8, 4) is 0 Å². The van der Waals surface area contributed by atoms with E-state index in [0.29, 0.717) is 35.0 Å². The average Bonchev–Trinajstić information content (AvgIpc) is 1.52. The first-order valence-electron chi connectivity index (χ1n) is 51.8. The summed E-state index contributed by atoms with van der Waals surface area (Å²) in [6.45, 7) is 49.2. The van der Waals surface area contributed by atoms with Crippen molar-refractivity contribution in [2.45, 2.75) is 474 Å². The Hall–Kier alpha value is -4.04. The van der Waals surface area contributed by atoms with E-state index in [4.69, 9.17) is 28.4 Å². The molecule has 0 aromatic rings. The number of imide groups is 1. The lowest BCUT2D eigenvalue weighted by atomic mass is 9.54. The lowest BCUT2D eigenvalue weighted by molar-refractivity contribution is -0.196. The summed E-state index contributed by atoms with van der Waals surface area (Å²) < 4.78 is 35.0. The third-order valence-corrected chi connectivity index (χ3v) is 40.2. The average molecular weight is 1750 g/mol. The Bertz CT molecular complexity index is 3700. The van der Waals surface area contributed by atoms with Gasteiger partial charge in [-0.15, -0.1) is 0 Å². The second-order valence-corrected chi connectivity index (χ2v) is 50.2. The maximum absolute atomic E-state index is 12.7. The molecule has 15 nitrogen and oxygen atoms in total. The summed E-state index contributed by atoms with van der Waals surface area (Å²) in [5.41, 5.74) is -1.86. The van der Waals surface area contributed by atoms with Gasteiger partial charge in [-0.05, 0) is 438 Å². The summed E-state index contributed by atoms with van der Waals surface area (Å²) in [7, 11) is 0. The highest BCUT2D eigenvalue weighted by Crippen LogP contribution is 2.70. The maximum Gasteiger partial charge on any atom is 0.312 e. The summed E-state index contributed by atoms with van der Waals surface area (Å²) in [6, 6.07) is 0.269. The van der Waals surface area contributed by atoms with Gasteiger partial charge in [0.2, 0.25) is 11.8 Å². The summed E-state index contributed by atoms with van der Waals surface area (Å²) in [4.78, 5) is 99.7. The summed E-state index contributed by atoms with van der Waals surface area (Å²) >= 11 is 0. The third kappa shape index (κ3) is 20.1. The molecule has 0 radical (unpaired) electrons. The van der Waals surface area contributed by atoms with Crippen LogP contribution in [0.2, 0.25) is 0 Å². The van der Waals surface area contributed by atoms with E-state index in [9.17, 15) is 38.4 Å². The minimum Gasteiger partial charge on any atom is -0.462 e. The minimum atomic E-state index is -0.391. The van der Waals surface area contributed by atoms with Crippen LogP contribution in [0.4, 0.5) is 0 Å². The molecule has 0 aromatic carbocycles. The summed E-state index contributed by atoms with van der Waals surface area (Å²) in [5, 5.41) is 0. The van der Waals surface area contributed by atoms with Crippen molar-refractivity contribution in [2.24, 2.45) is 173 Å². The van der Waals surface area contributed by atoms with Gasteiger partial charge in [0.15, 0.2) is 0 Å². The van der Waals surface area contributed by atoms with Crippen molar-refractivity contribution in [1.29, 1.82) is 0 Å². The SMILES string of the molecule is C.C.CCC(C)(C)C(=O)N1C(=O)C2C3CC(C4CCCC43)C21.CCC(C)(C)C(=O)OC12CC3CC(CC(C3)C1)C2.CCC(C)(C)C(=O)OC1CC2CC1C1C3CCC(C3)C21.CCC(C)(C)C(=O)OC1CC2CC1C1CCCC21.CCC(C)(C)C(=O)OC1CC2CCC1(C)C2(C)C.CCC(C)(C)C(=O)OC1CC2CCC1C2.CCC(C)(C)C(=O)OC1CCCCC1. The fourth-order valence-electron chi connectivity index (χ4n) is 29.1. The number of fused-ring (bicyclic) bond motifs is 26. The Morgan fingerprint density at radius 1 is 0.344 bits per heavy atom. The molecule has 20 aliphatic rings. The zero-order valence-electron chi connectivity index (χ0n) is 82.3. The molecule has 24 atom stereocenters. The highest BCUT2D eigenvalue weighted by atomic mass is 16.6. The van der Waals surface area contributed by atoms with Gasteiger partial charge in [0.25, 0.3) is 0 Å². The van der Waals surface area contributed by atoms with Crippen molar-refractivity contribution in [3.63, 3.8) is 0 Å².